The zero-order valence-corrected chi connectivity index (χ0v) is 17.4. The molecule has 1 aromatic heterocycles. The molecule has 2 aliphatic heterocycles. The third kappa shape index (κ3) is 2.96. The molecule has 3 aromatic carbocycles. The Labute approximate surface area is 184 Å². The highest BCUT2D eigenvalue weighted by molar-refractivity contribution is 6.30. The third-order valence-electron chi connectivity index (χ3n) is 6.10. The molecule has 0 saturated carbocycles. The fourth-order valence-electron chi connectivity index (χ4n) is 4.65. The Morgan fingerprint density at radius 2 is 1.81 bits per heavy atom. The van der Waals surface area contributed by atoms with Crippen molar-refractivity contribution in [2.45, 2.75) is 12.5 Å². The predicted octanol–water partition coefficient (Wildman–Crippen LogP) is 5.34. The topological polar surface area (TPSA) is 54.6 Å². The van der Waals surface area contributed by atoms with Crippen LogP contribution >= 0.6 is 11.6 Å². The van der Waals surface area contributed by atoms with E-state index in [9.17, 15) is 4.79 Å². The number of carbonyl (C=O) groups excluding carboxylic acids is 1. The van der Waals surface area contributed by atoms with E-state index < -0.39 is 0 Å². The van der Waals surface area contributed by atoms with Crippen molar-refractivity contribution in [3.05, 3.63) is 94.1 Å². The molecule has 5 nitrogen and oxygen atoms in total. The van der Waals surface area contributed by atoms with Crippen LogP contribution in [0.5, 0.6) is 11.5 Å². The number of H-pyrrole nitrogens is 1. The van der Waals surface area contributed by atoms with E-state index in [2.05, 4.69) is 23.2 Å². The Morgan fingerprint density at radius 3 is 2.68 bits per heavy atom. The second kappa shape index (κ2) is 7.06. The van der Waals surface area contributed by atoms with Crippen molar-refractivity contribution < 1.29 is 14.3 Å². The molecule has 0 spiro atoms. The maximum Gasteiger partial charge on any atom is 0.254 e. The Morgan fingerprint density at radius 1 is 1.00 bits per heavy atom. The van der Waals surface area contributed by atoms with Crippen molar-refractivity contribution >= 4 is 28.4 Å². The molecule has 31 heavy (non-hydrogen) atoms. The zero-order valence-electron chi connectivity index (χ0n) is 16.6. The van der Waals surface area contributed by atoms with Crippen LogP contribution in [0.4, 0.5) is 0 Å². The van der Waals surface area contributed by atoms with E-state index in [1.807, 2.05) is 29.2 Å². The number of halogens is 1. The van der Waals surface area contributed by atoms with Gasteiger partial charge < -0.3 is 19.4 Å². The minimum Gasteiger partial charge on any atom is -0.454 e. The minimum absolute atomic E-state index is 0.0244. The van der Waals surface area contributed by atoms with Gasteiger partial charge in [-0.1, -0.05) is 35.9 Å². The molecule has 0 saturated heterocycles. The summed E-state index contributed by atoms with van der Waals surface area (Å²) in [4.78, 5) is 19.1. The SMILES string of the molecule is O=C(c1ccc(Cl)cc1)N1CCc2c([nH]c3ccccc23)C1c1ccc2c(c1)OCO2. The Bertz CT molecular complexity index is 1310. The van der Waals surface area contributed by atoms with E-state index in [0.717, 1.165) is 28.9 Å². The van der Waals surface area contributed by atoms with Gasteiger partial charge in [-0.3, -0.25) is 4.79 Å². The Balaban J connectivity index is 1.51. The van der Waals surface area contributed by atoms with Crippen LogP contribution in [0.1, 0.15) is 33.2 Å². The van der Waals surface area contributed by atoms with Crippen molar-refractivity contribution in [3.63, 3.8) is 0 Å². The predicted molar refractivity (Wildman–Crippen MR) is 119 cm³/mol. The number of nitrogens with one attached hydrogen (secondary N) is 1. The van der Waals surface area contributed by atoms with Crippen molar-refractivity contribution in [3.8, 4) is 11.5 Å². The number of benzene rings is 3. The number of rotatable bonds is 2. The first-order valence-corrected chi connectivity index (χ1v) is 10.6. The summed E-state index contributed by atoms with van der Waals surface area (Å²) in [5.41, 5.74) is 5.00. The van der Waals surface area contributed by atoms with Gasteiger partial charge >= 0.3 is 0 Å². The molecule has 1 unspecified atom stereocenters. The van der Waals surface area contributed by atoms with Crippen LogP contribution in [-0.2, 0) is 6.42 Å². The van der Waals surface area contributed by atoms with Crippen LogP contribution in [-0.4, -0.2) is 29.1 Å². The van der Waals surface area contributed by atoms with E-state index in [-0.39, 0.29) is 18.7 Å². The summed E-state index contributed by atoms with van der Waals surface area (Å²) in [7, 11) is 0. The molecular formula is C25H19ClN2O3. The normalized spacial score (nSPS) is 17.1. The minimum atomic E-state index is -0.256. The van der Waals surface area contributed by atoms with Crippen LogP contribution in [0.2, 0.25) is 5.02 Å². The molecular weight excluding hydrogens is 412 g/mol. The number of nitrogens with zero attached hydrogens (tertiary/aromatic N) is 1. The number of aromatic amines is 1. The Kier molecular flexibility index (Phi) is 4.18. The molecule has 2 aliphatic rings. The number of carbonyl (C=O) groups is 1. The highest BCUT2D eigenvalue weighted by Gasteiger charge is 2.35. The van der Waals surface area contributed by atoms with Gasteiger partial charge in [0.2, 0.25) is 6.79 Å². The smallest absolute Gasteiger partial charge is 0.254 e. The molecule has 3 heterocycles. The van der Waals surface area contributed by atoms with Gasteiger partial charge in [-0.05, 0) is 60.0 Å². The van der Waals surface area contributed by atoms with Crippen molar-refractivity contribution in [2.75, 3.05) is 13.3 Å². The molecule has 0 radical (unpaired) electrons. The van der Waals surface area contributed by atoms with Gasteiger partial charge in [0, 0.05) is 33.7 Å². The summed E-state index contributed by atoms with van der Waals surface area (Å²) in [5, 5.41) is 1.82. The molecule has 1 atom stereocenters. The van der Waals surface area contributed by atoms with E-state index in [4.69, 9.17) is 21.1 Å². The molecule has 1 N–H and O–H groups in total. The average Bonchev–Trinajstić information content (AvgIpc) is 3.42. The summed E-state index contributed by atoms with van der Waals surface area (Å²) in [6.45, 7) is 0.837. The lowest BCUT2D eigenvalue weighted by molar-refractivity contribution is 0.0691. The van der Waals surface area contributed by atoms with E-state index in [0.29, 0.717) is 22.9 Å². The lowest BCUT2D eigenvalue weighted by Gasteiger charge is -2.36. The quantitative estimate of drug-likeness (QED) is 0.467. The molecule has 154 valence electrons. The van der Waals surface area contributed by atoms with Crippen LogP contribution in [0.15, 0.2) is 66.7 Å². The fraction of sp³-hybridized carbons (Fsp3) is 0.160. The monoisotopic (exact) mass is 430 g/mol. The number of ether oxygens (including phenoxy) is 2. The molecule has 0 fully saturated rings. The number of aromatic nitrogens is 1. The Hall–Kier alpha value is -3.44. The van der Waals surface area contributed by atoms with Gasteiger partial charge in [-0.15, -0.1) is 0 Å². The van der Waals surface area contributed by atoms with E-state index in [1.54, 1.807) is 24.3 Å². The second-order valence-electron chi connectivity index (χ2n) is 7.83. The number of hydrogen-bond donors (Lipinski definition) is 1. The van der Waals surface area contributed by atoms with Gasteiger partial charge in [0.05, 0.1) is 6.04 Å². The molecule has 4 aromatic rings. The maximum atomic E-state index is 13.6. The van der Waals surface area contributed by atoms with Gasteiger partial charge in [0.15, 0.2) is 11.5 Å². The first-order chi connectivity index (χ1) is 15.2. The molecule has 6 heteroatoms. The number of fused-ring (bicyclic) bond motifs is 4. The largest absolute Gasteiger partial charge is 0.454 e. The highest BCUT2D eigenvalue weighted by Crippen LogP contribution is 2.42. The summed E-state index contributed by atoms with van der Waals surface area (Å²) >= 11 is 6.04. The summed E-state index contributed by atoms with van der Waals surface area (Å²) < 4.78 is 11.1. The molecule has 6 rings (SSSR count). The second-order valence-corrected chi connectivity index (χ2v) is 8.27. The molecule has 1 amide bonds. The van der Waals surface area contributed by atoms with Crippen LogP contribution < -0.4 is 9.47 Å². The van der Waals surface area contributed by atoms with Gasteiger partial charge in [-0.2, -0.15) is 0 Å². The number of hydrogen-bond acceptors (Lipinski definition) is 3. The summed E-state index contributed by atoms with van der Waals surface area (Å²) in [5.74, 6) is 1.41. The lowest BCUT2D eigenvalue weighted by Crippen LogP contribution is -2.40. The lowest BCUT2D eigenvalue weighted by atomic mass is 9.91. The molecule has 0 aliphatic carbocycles. The fourth-order valence-corrected chi connectivity index (χ4v) is 4.77. The van der Waals surface area contributed by atoms with Gasteiger partial charge in [0.1, 0.15) is 0 Å². The van der Waals surface area contributed by atoms with Crippen LogP contribution in [0.25, 0.3) is 10.9 Å². The maximum absolute atomic E-state index is 13.6. The zero-order chi connectivity index (χ0) is 20.9. The van der Waals surface area contributed by atoms with Crippen LogP contribution in [0.3, 0.4) is 0 Å². The standard InChI is InChI=1S/C25H19ClN2O3/c26-17-8-5-15(6-9-17)25(29)28-12-11-19-18-3-1-2-4-20(18)27-23(19)24(28)16-7-10-21-22(13-16)31-14-30-21/h1-10,13,24,27H,11-12,14H2. The summed E-state index contributed by atoms with van der Waals surface area (Å²) in [6, 6.07) is 21.0. The van der Waals surface area contributed by atoms with Gasteiger partial charge in [0.25, 0.3) is 5.91 Å². The van der Waals surface area contributed by atoms with Crippen molar-refractivity contribution in [1.82, 2.24) is 9.88 Å². The van der Waals surface area contributed by atoms with Crippen molar-refractivity contribution in [2.24, 2.45) is 0 Å². The number of para-hydroxylation sites is 1. The van der Waals surface area contributed by atoms with Crippen molar-refractivity contribution in [1.29, 1.82) is 0 Å². The first-order valence-electron chi connectivity index (χ1n) is 10.2. The van der Waals surface area contributed by atoms with E-state index in [1.165, 1.54) is 10.9 Å². The summed E-state index contributed by atoms with van der Waals surface area (Å²) in [6.07, 6.45) is 0.791. The van der Waals surface area contributed by atoms with E-state index >= 15 is 0 Å². The van der Waals surface area contributed by atoms with Gasteiger partial charge in [-0.25, -0.2) is 0 Å². The average molecular weight is 431 g/mol. The number of amides is 1. The molecule has 0 bridgehead atoms. The third-order valence-corrected chi connectivity index (χ3v) is 6.35. The highest BCUT2D eigenvalue weighted by atomic mass is 35.5. The van der Waals surface area contributed by atoms with Crippen LogP contribution in [0, 0.1) is 0 Å². The first kappa shape index (κ1) is 18.3.